The predicted octanol–water partition coefficient (Wildman–Crippen LogP) is 2.65. The van der Waals surface area contributed by atoms with E-state index in [1.54, 1.807) is 18.0 Å². The van der Waals surface area contributed by atoms with Crippen LogP contribution < -0.4 is 14.2 Å². The number of hydrogen-bond acceptors (Lipinski definition) is 5. The zero-order valence-corrected chi connectivity index (χ0v) is 17.7. The molecule has 1 aliphatic heterocycles. The molecular weight excluding hydrogens is 378 g/mol. The number of ether oxygens (including phenoxy) is 1. The maximum atomic E-state index is 9.35. The van der Waals surface area contributed by atoms with Gasteiger partial charge in [-0.25, -0.2) is 9.67 Å². The van der Waals surface area contributed by atoms with Crippen LogP contribution in [0.3, 0.4) is 0 Å². The lowest BCUT2D eigenvalue weighted by Crippen LogP contribution is -2.34. The molecule has 0 radical (unpaired) electrons. The number of benzene rings is 1. The molecule has 7 nitrogen and oxygen atoms in total. The summed E-state index contributed by atoms with van der Waals surface area (Å²) in [6, 6.07) is 14.2. The summed E-state index contributed by atoms with van der Waals surface area (Å²) in [5, 5.41) is 13.8. The highest BCUT2D eigenvalue weighted by molar-refractivity contribution is 6.17. The van der Waals surface area contributed by atoms with Gasteiger partial charge in [-0.05, 0) is 37.3 Å². The summed E-state index contributed by atoms with van der Waals surface area (Å²) in [6.45, 7) is 2.55. The summed E-state index contributed by atoms with van der Waals surface area (Å²) in [6.07, 6.45) is 3.81. The van der Waals surface area contributed by atoms with Crippen molar-refractivity contribution in [2.45, 2.75) is 13.5 Å². The quantitative estimate of drug-likeness (QED) is 0.642. The van der Waals surface area contributed by atoms with Crippen LogP contribution in [0, 0.1) is 0 Å². The van der Waals surface area contributed by atoms with Crippen LogP contribution in [0.2, 0.25) is 0 Å². The summed E-state index contributed by atoms with van der Waals surface area (Å²) in [7, 11) is 5.58. The normalized spacial score (nSPS) is 14.4. The Balaban J connectivity index is 1.87. The number of nitrogens with zero attached hydrogens (tertiary/aromatic N) is 5. The van der Waals surface area contributed by atoms with Crippen molar-refractivity contribution in [2.75, 3.05) is 32.7 Å². The van der Waals surface area contributed by atoms with Crippen LogP contribution in [0.5, 0.6) is 5.75 Å². The van der Waals surface area contributed by atoms with Crippen LogP contribution in [-0.2, 0) is 6.54 Å². The van der Waals surface area contributed by atoms with E-state index in [1.807, 2.05) is 43.3 Å². The smallest absolute Gasteiger partial charge is 0.237 e. The third-order valence-corrected chi connectivity index (χ3v) is 5.18. The van der Waals surface area contributed by atoms with Gasteiger partial charge in [0, 0.05) is 31.8 Å². The van der Waals surface area contributed by atoms with Crippen LogP contribution in [-0.4, -0.2) is 48.4 Å². The predicted molar refractivity (Wildman–Crippen MR) is 117 cm³/mol. The standard InChI is InChI=1S/C23H26N5O2/c1-16-21(25-19-15-24-28(13-14-29)23(19)26(2)3)20-7-5-6-12-27(20)22(16)17-8-10-18(30-4)11-9-17/h5-12,15,29H,13-14H2,1-4H3/q+1. The van der Waals surface area contributed by atoms with Crippen molar-refractivity contribution in [1.82, 2.24) is 9.78 Å². The number of methoxy groups -OCH3 is 1. The zero-order chi connectivity index (χ0) is 21.3. The largest absolute Gasteiger partial charge is 0.497 e. The summed E-state index contributed by atoms with van der Waals surface area (Å²) in [4.78, 5) is 6.99. The average molecular weight is 404 g/mol. The number of rotatable bonds is 6. The number of anilines is 1. The van der Waals surface area contributed by atoms with E-state index in [9.17, 15) is 5.11 Å². The lowest BCUT2D eigenvalue weighted by atomic mass is 10.1. The van der Waals surface area contributed by atoms with Crippen molar-refractivity contribution in [2.24, 2.45) is 4.99 Å². The second-order valence-electron chi connectivity index (χ2n) is 7.31. The molecule has 0 aliphatic carbocycles. The molecule has 0 saturated carbocycles. The molecule has 1 N–H and O–H groups in total. The van der Waals surface area contributed by atoms with Gasteiger partial charge in [0.2, 0.25) is 11.4 Å². The van der Waals surface area contributed by atoms with Crippen molar-refractivity contribution in [3.63, 3.8) is 0 Å². The van der Waals surface area contributed by atoms with E-state index in [4.69, 9.17) is 9.73 Å². The van der Waals surface area contributed by atoms with E-state index in [0.717, 1.165) is 45.5 Å². The molecule has 0 fully saturated rings. The molecule has 0 unspecified atom stereocenters. The number of fused-ring (bicyclic) bond motifs is 1. The summed E-state index contributed by atoms with van der Waals surface area (Å²) in [5.74, 6) is 1.69. The van der Waals surface area contributed by atoms with Crippen molar-refractivity contribution in [1.29, 1.82) is 0 Å². The van der Waals surface area contributed by atoms with Gasteiger partial charge in [0.1, 0.15) is 17.1 Å². The van der Waals surface area contributed by atoms with E-state index in [-0.39, 0.29) is 6.61 Å². The van der Waals surface area contributed by atoms with E-state index < -0.39 is 0 Å². The molecule has 4 rings (SSSR count). The third-order valence-electron chi connectivity index (χ3n) is 5.18. The minimum atomic E-state index is 0.0256. The molecule has 1 aromatic carbocycles. The van der Waals surface area contributed by atoms with Gasteiger partial charge in [0.05, 0.1) is 32.0 Å². The molecule has 154 valence electrons. The minimum absolute atomic E-state index is 0.0256. The second kappa shape index (κ2) is 8.12. The van der Waals surface area contributed by atoms with Gasteiger partial charge >= 0.3 is 0 Å². The first-order chi connectivity index (χ1) is 14.5. The fraction of sp³-hybridized carbons (Fsp3) is 0.261. The number of aliphatic hydroxyl groups excluding tert-OH is 1. The first kappa shape index (κ1) is 19.8. The molecule has 0 spiro atoms. The monoisotopic (exact) mass is 404 g/mol. The highest BCUT2D eigenvalue weighted by Crippen LogP contribution is 2.32. The molecule has 30 heavy (non-hydrogen) atoms. The van der Waals surface area contributed by atoms with Gasteiger partial charge in [-0.1, -0.05) is 0 Å². The van der Waals surface area contributed by atoms with Crippen molar-refractivity contribution >= 4 is 22.9 Å². The summed E-state index contributed by atoms with van der Waals surface area (Å²) in [5.41, 5.74) is 5.99. The molecule has 7 heteroatoms. The maximum absolute atomic E-state index is 9.35. The Labute approximate surface area is 176 Å². The maximum Gasteiger partial charge on any atom is 0.237 e. The van der Waals surface area contributed by atoms with E-state index in [0.29, 0.717) is 6.54 Å². The number of aliphatic hydroxyl groups is 1. The van der Waals surface area contributed by atoms with Gasteiger partial charge in [-0.3, -0.25) is 0 Å². The second-order valence-corrected chi connectivity index (χ2v) is 7.31. The molecule has 3 heterocycles. The number of hydrogen-bond donors (Lipinski definition) is 1. The first-order valence-corrected chi connectivity index (χ1v) is 9.85. The van der Waals surface area contributed by atoms with Crippen LogP contribution in [0.4, 0.5) is 11.5 Å². The van der Waals surface area contributed by atoms with Crippen molar-refractivity contribution in [3.8, 4) is 5.75 Å². The Kier molecular flexibility index (Phi) is 5.37. The number of aliphatic imine (C=N–C) groups is 1. The Bertz CT molecular complexity index is 1130. The molecular formula is C23H26N5O2+. The topological polar surface area (TPSA) is 66.8 Å². The first-order valence-electron chi connectivity index (χ1n) is 9.85. The van der Waals surface area contributed by atoms with Gasteiger partial charge in [-0.2, -0.15) is 9.67 Å². The number of pyridine rings is 1. The molecule has 0 saturated heterocycles. The Morgan fingerprint density at radius 1 is 1.17 bits per heavy atom. The van der Waals surface area contributed by atoms with Gasteiger partial charge in [0.15, 0.2) is 12.0 Å². The molecule has 3 aromatic rings. The fourth-order valence-corrected chi connectivity index (χ4v) is 3.85. The molecule has 2 aromatic heterocycles. The van der Waals surface area contributed by atoms with Crippen LogP contribution in [0.1, 0.15) is 18.2 Å². The molecule has 0 atom stereocenters. The van der Waals surface area contributed by atoms with Gasteiger partial charge < -0.3 is 14.7 Å². The van der Waals surface area contributed by atoms with Gasteiger partial charge in [0.25, 0.3) is 0 Å². The van der Waals surface area contributed by atoms with E-state index >= 15 is 0 Å². The van der Waals surface area contributed by atoms with Gasteiger partial charge in [-0.15, -0.1) is 0 Å². The van der Waals surface area contributed by atoms with Crippen LogP contribution >= 0.6 is 0 Å². The number of allylic oxidation sites excluding steroid dienone is 1. The number of aromatic nitrogens is 3. The minimum Gasteiger partial charge on any atom is -0.497 e. The molecule has 0 amide bonds. The van der Waals surface area contributed by atoms with Crippen molar-refractivity contribution < 1.29 is 14.4 Å². The van der Waals surface area contributed by atoms with Crippen LogP contribution in [0.15, 0.2) is 65.4 Å². The van der Waals surface area contributed by atoms with Crippen LogP contribution in [0.25, 0.3) is 5.70 Å². The molecule has 1 aliphatic rings. The summed E-state index contributed by atoms with van der Waals surface area (Å²) >= 11 is 0. The highest BCUT2D eigenvalue weighted by atomic mass is 16.5. The summed E-state index contributed by atoms with van der Waals surface area (Å²) < 4.78 is 9.25. The molecule has 0 bridgehead atoms. The van der Waals surface area contributed by atoms with E-state index in [2.05, 4.69) is 41.0 Å². The Morgan fingerprint density at radius 3 is 2.60 bits per heavy atom. The average Bonchev–Trinajstić information content (AvgIpc) is 3.27. The zero-order valence-electron chi connectivity index (χ0n) is 17.7. The lowest BCUT2D eigenvalue weighted by Gasteiger charge is -2.15. The Hall–Kier alpha value is -3.45. The highest BCUT2D eigenvalue weighted by Gasteiger charge is 2.35. The third kappa shape index (κ3) is 3.37. The van der Waals surface area contributed by atoms with Crippen molar-refractivity contribution in [3.05, 3.63) is 71.7 Å². The fourth-order valence-electron chi connectivity index (χ4n) is 3.85. The Morgan fingerprint density at radius 2 is 1.93 bits per heavy atom. The van der Waals surface area contributed by atoms with E-state index in [1.165, 1.54) is 0 Å². The SMILES string of the molecule is COc1ccc(C2=C(C)/C(=N\c3cnn(CCO)c3N(C)C)c3cccc[n+]32)cc1. The lowest BCUT2D eigenvalue weighted by molar-refractivity contribution is -0.577.